The predicted molar refractivity (Wildman–Crippen MR) is 204 cm³/mol. The smallest absolute Gasteiger partial charge is 0.308 e. The highest BCUT2D eigenvalue weighted by molar-refractivity contribution is 5.76. The summed E-state index contributed by atoms with van der Waals surface area (Å²) < 4.78 is 11.3. The fraction of sp³-hybridized carbons (Fsp3) is 0.905. The summed E-state index contributed by atoms with van der Waals surface area (Å²) >= 11 is 0. The number of rotatable bonds is 37. The van der Waals surface area contributed by atoms with Crippen LogP contribution in [0, 0.1) is 5.92 Å². The number of esters is 1. The van der Waals surface area contributed by atoms with Gasteiger partial charge in [0.15, 0.2) is 0 Å². The van der Waals surface area contributed by atoms with Crippen molar-refractivity contribution in [3.63, 3.8) is 0 Å². The van der Waals surface area contributed by atoms with Gasteiger partial charge in [-0.05, 0) is 38.5 Å². The average Bonchev–Trinajstić information content (AvgIpc) is 3.09. The number of amides is 1. The van der Waals surface area contributed by atoms with E-state index in [4.69, 9.17) is 9.47 Å². The Kier molecular flexibility index (Phi) is 35.8. The fourth-order valence-corrected chi connectivity index (χ4v) is 6.44. The fourth-order valence-electron chi connectivity index (χ4n) is 6.44. The van der Waals surface area contributed by atoms with E-state index in [1.54, 1.807) is 7.11 Å². The molecule has 0 rings (SSSR count). The van der Waals surface area contributed by atoms with Gasteiger partial charge in [0.05, 0.1) is 31.3 Å². The minimum absolute atomic E-state index is 0.00483. The third kappa shape index (κ3) is 29.5. The SMILES string of the molecule is CCCCCCCCCCCCCCC/C=C/[C@@H](OC)[C@H](CO)NC(=O)CCCCOC(=O)C(CCCCCC)CCCCCCCC. The Balaban J connectivity index is 4.19. The topological polar surface area (TPSA) is 84.9 Å². The number of nitrogens with one attached hydrogen (secondary N) is 1. The summed E-state index contributed by atoms with van der Waals surface area (Å²) in [5, 5.41) is 12.9. The second-order valence-electron chi connectivity index (χ2n) is 14.2. The molecule has 0 aliphatic carbocycles. The Morgan fingerprint density at radius 2 is 1.08 bits per heavy atom. The Hall–Kier alpha value is -1.40. The van der Waals surface area contributed by atoms with Crippen molar-refractivity contribution in [2.45, 2.75) is 219 Å². The molecule has 0 radical (unpaired) electrons. The van der Waals surface area contributed by atoms with Crippen LogP contribution < -0.4 is 5.32 Å². The van der Waals surface area contributed by atoms with E-state index in [1.165, 1.54) is 128 Å². The maximum Gasteiger partial charge on any atom is 0.308 e. The van der Waals surface area contributed by atoms with Gasteiger partial charge in [-0.3, -0.25) is 9.59 Å². The van der Waals surface area contributed by atoms with E-state index in [9.17, 15) is 14.7 Å². The number of carbonyl (C=O) groups is 2. The van der Waals surface area contributed by atoms with E-state index in [0.29, 0.717) is 25.9 Å². The molecule has 1 unspecified atom stereocenters. The summed E-state index contributed by atoms with van der Waals surface area (Å²) in [6, 6.07) is -0.473. The highest BCUT2D eigenvalue weighted by Crippen LogP contribution is 2.21. The number of unbranched alkanes of at least 4 members (excludes halogenated alkanes) is 22. The number of allylic oxidation sites excluding steroid dienone is 1. The normalized spacial score (nSPS) is 13.5. The van der Waals surface area contributed by atoms with Gasteiger partial charge in [-0.2, -0.15) is 0 Å². The number of aliphatic hydroxyl groups excluding tert-OH is 1. The first-order valence-corrected chi connectivity index (χ1v) is 20.8. The second-order valence-corrected chi connectivity index (χ2v) is 14.2. The number of hydrogen-bond donors (Lipinski definition) is 2. The lowest BCUT2D eigenvalue weighted by molar-refractivity contribution is -0.149. The van der Waals surface area contributed by atoms with Crippen molar-refractivity contribution in [3.8, 4) is 0 Å². The average molecular weight is 680 g/mol. The van der Waals surface area contributed by atoms with Crippen molar-refractivity contribution in [2.75, 3.05) is 20.3 Å². The van der Waals surface area contributed by atoms with E-state index in [0.717, 1.165) is 38.5 Å². The third-order valence-electron chi connectivity index (χ3n) is 9.70. The summed E-state index contributed by atoms with van der Waals surface area (Å²) in [5.41, 5.74) is 0. The van der Waals surface area contributed by atoms with Gasteiger partial charge < -0.3 is 19.9 Å². The Morgan fingerprint density at radius 1 is 0.625 bits per heavy atom. The summed E-state index contributed by atoms with van der Waals surface area (Å²) in [7, 11) is 1.62. The van der Waals surface area contributed by atoms with Crippen molar-refractivity contribution in [3.05, 3.63) is 12.2 Å². The quantitative estimate of drug-likeness (QED) is 0.0388. The lowest BCUT2D eigenvalue weighted by Gasteiger charge is -2.23. The standard InChI is InChI=1S/C42H81NO5/c1-5-8-11-14-16-17-18-19-20-21-22-23-24-26-29-34-40(47-4)39(37-44)43-41(45)35-30-31-36-48-42(46)38(32-27-13-10-7-3)33-28-25-15-12-9-6-2/h29,34,38-40,44H,5-28,30-33,35-37H2,1-4H3,(H,43,45)/b34-29+/t38?,39-,40+/m0/s1. The van der Waals surface area contributed by atoms with Crippen LogP contribution in [-0.2, 0) is 19.1 Å². The molecule has 0 heterocycles. The summed E-state index contributed by atoms with van der Waals surface area (Å²) in [6.45, 7) is 6.90. The summed E-state index contributed by atoms with van der Waals surface area (Å²) in [4.78, 5) is 25.5. The van der Waals surface area contributed by atoms with Crippen LogP contribution in [0.5, 0.6) is 0 Å². The lowest BCUT2D eigenvalue weighted by Crippen LogP contribution is -2.45. The molecule has 0 aromatic carbocycles. The van der Waals surface area contributed by atoms with Crippen molar-refractivity contribution in [1.29, 1.82) is 0 Å². The number of hydrogen-bond acceptors (Lipinski definition) is 5. The van der Waals surface area contributed by atoms with Gasteiger partial charge in [0.1, 0.15) is 0 Å². The Morgan fingerprint density at radius 3 is 1.56 bits per heavy atom. The molecular formula is C42H81NO5. The molecule has 0 saturated carbocycles. The van der Waals surface area contributed by atoms with Gasteiger partial charge in [-0.1, -0.05) is 174 Å². The molecule has 0 fully saturated rings. The minimum Gasteiger partial charge on any atom is -0.465 e. The minimum atomic E-state index is -0.473. The predicted octanol–water partition coefficient (Wildman–Crippen LogP) is 11.6. The van der Waals surface area contributed by atoms with E-state index in [1.807, 2.05) is 6.08 Å². The zero-order valence-corrected chi connectivity index (χ0v) is 32.4. The zero-order valence-electron chi connectivity index (χ0n) is 32.4. The first-order chi connectivity index (χ1) is 23.5. The monoisotopic (exact) mass is 680 g/mol. The maximum absolute atomic E-state index is 12.9. The van der Waals surface area contributed by atoms with Gasteiger partial charge in [0, 0.05) is 13.5 Å². The van der Waals surface area contributed by atoms with E-state index < -0.39 is 6.04 Å². The molecule has 284 valence electrons. The Labute approximate surface area is 298 Å². The highest BCUT2D eigenvalue weighted by atomic mass is 16.5. The lowest BCUT2D eigenvalue weighted by atomic mass is 9.94. The molecule has 6 nitrogen and oxygen atoms in total. The first kappa shape index (κ1) is 46.6. The van der Waals surface area contributed by atoms with Crippen LogP contribution in [0.25, 0.3) is 0 Å². The largest absolute Gasteiger partial charge is 0.465 e. The molecule has 0 aromatic rings. The van der Waals surface area contributed by atoms with Crippen LogP contribution in [0.4, 0.5) is 0 Å². The van der Waals surface area contributed by atoms with Gasteiger partial charge in [0.25, 0.3) is 0 Å². The van der Waals surface area contributed by atoms with Crippen LogP contribution >= 0.6 is 0 Å². The maximum atomic E-state index is 12.9. The van der Waals surface area contributed by atoms with E-state index >= 15 is 0 Å². The van der Waals surface area contributed by atoms with Crippen molar-refractivity contribution < 1.29 is 24.2 Å². The molecule has 2 N–H and O–H groups in total. The first-order valence-electron chi connectivity index (χ1n) is 20.8. The van der Waals surface area contributed by atoms with E-state index in [-0.39, 0.29) is 30.5 Å². The van der Waals surface area contributed by atoms with Gasteiger partial charge in [0.2, 0.25) is 5.91 Å². The van der Waals surface area contributed by atoms with Gasteiger partial charge >= 0.3 is 5.97 Å². The number of aliphatic hydroxyl groups is 1. The summed E-state index contributed by atoms with van der Waals surface area (Å²) in [5.74, 6) is -0.159. The molecule has 0 aromatic heterocycles. The van der Waals surface area contributed by atoms with Crippen LogP contribution in [0.3, 0.4) is 0 Å². The molecule has 0 aliphatic heterocycles. The van der Waals surface area contributed by atoms with Crippen LogP contribution in [0.15, 0.2) is 12.2 Å². The molecule has 1 amide bonds. The van der Waals surface area contributed by atoms with Gasteiger partial charge in [-0.15, -0.1) is 0 Å². The zero-order chi connectivity index (χ0) is 35.3. The van der Waals surface area contributed by atoms with Gasteiger partial charge in [-0.25, -0.2) is 0 Å². The molecular weight excluding hydrogens is 598 g/mol. The second kappa shape index (κ2) is 36.9. The van der Waals surface area contributed by atoms with Crippen LogP contribution in [0.2, 0.25) is 0 Å². The molecule has 0 spiro atoms. The van der Waals surface area contributed by atoms with Crippen LogP contribution in [-0.4, -0.2) is 49.5 Å². The summed E-state index contributed by atoms with van der Waals surface area (Å²) in [6.07, 6.45) is 37.8. The van der Waals surface area contributed by atoms with Crippen molar-refractivity contribution >= 4 is 11.9 Å². The molecule has 3 atom stereocenters. The molecule has 0 bridgehead atoms. The highest BCUT2D eigenvalue weighted by Gasteiger charge is 2.21. The van der Waals surface area contributed by atoms with Crippen molar-refractivity contribution in [2.24, 2.45) is 5.92 Å². The molecule has 48 heavy (non-hydrogen) atoms. The number of methoxy groups -OCH3 is 1. The Bertz CT molecular complexity index is 727. The van der Waals surface area contributed by atoms with Crippen molar-refractivity contribution in [1.82, 2.24) is 5.32 Å². The third-order valence-corrected chi connectivity index (χ3v) is 9.70. The molecule has 6 heteroatoms. The molecule has 0 saturated heterocycles. The number of carbonyl (C=O) groups excluding carboxylic acids is 2. The number of ether oxygens (including phenoxy) is 2. The van der Waals surface area contributed by atoms with Crippen LogP contribution in [0.1, 0.15) is 207 Å². The van der Waals surface area contributed by atoms with E-state index in [2.05, 4.69) is 32.2 Å². The molecule has 0 aliphatic rings.